The molecule has 5 rings (SSSR count). The van der Waals surface area contributed by atoms with Crippen molar-refractivity contribution in [2.24, 2.45) is 0 Å². The van der Waals surface area contributed by atoms with Gasteiger partial charge in [-0.05, 0) is 33.0 Å². The molecule has 1 aliphatic rings. The number of hydrogen-bond donors (Lipinski definition) is 1. The van der Waals surface area contributed by atoms with Crippen LogP contribution >= 0.6 is 0 Å². The van der Waals surface area contributed by atoms with Gasteiger partial charge in [0.2, 0.25) is 0 Å². The summed E-state index contributed by atoms with van der Waals surface area (Å²) in [5.74, 6) is -0.114. The quantitative estimate of drug-likeness (QED) is 0.536. The van der Waals surface area contributed by atoms with Crippen LogP contribution in [0, 0.1) is 0 Å². The van der Waals surface area contributed by atoms with Crippen LogP contribution in [0.1, 0.15) is 28.2 Å². The first-order valence-corrected chi connectivity index (χ1v) is 8.65. The van der Waals surface area contributed by atoms with Gasteiger partial charge in [-0.2, -0.15) is 0 Å². The third-order valence-corrected chi connectivity index (χ3v) is 5.42. The predicted octanol–water partition coefficient (Wildman–Crippen LogP) is 5.22. The van der Waals surface area contributed by atoms with Crippen LogP contribution in [0.3, 0.4) is 0 Å². The third-order valence-electron chi connectivity index (χ3n) is 5.42. The van der Waals surface area contributed by atoms with Crippen molar-refractivity contribution in [1.29, 1.82) is 0 Å². The van der Waals surface area contributed by atoms with Crippen molar-refractivity contribution in [3.8, 4) is 0 Å². The van der Waals surface area contributed by atoms with Gasteiger partial charge in [0.25, 0.3) is 0 Å². The molecular formula is C24H18O. The lowest BCUT2D eigenvalue weighted by Gasteiger charge is -2.33. The van der Waals surface area contributed by atoms with Crippen LogP contribution in [-0.2, 0) is 5.60 Å². The second-order valence-electron chi connectivity index (χ2n) is 6.73. The Morgan fingerprint density at radius 3 is 2.00 bits per heavy atom. The van der Waals surface area contributed by atoms with E-state index >= 15 is 0 Å². The van der Waals surface area contributed by atoms with E-state index in [1.165, 1.54) is 16.3 Å². The zero-order valence-corrected chi connectivity index (χ0v) is 13.8. The summed E-state index contributed by atoms with van der Waals surface area (Å²) in [6, 6.07) is 33.0. The first-order valence-electron chi connectivity index (χ1n) is 8.65. The largest absolute Gasteiger partial charge is 0.379 e. The van der Waals surface area contributed by atoms with Crippen molar-refractivity contribution in [3.63, 3.8) is 0 Å². The minimum absolute atomic E-state index is 0.114. The Morgan fingerprint density at radius 1 is 0.640 bits per heavy atom. The summed E-state index contributed by atoms with van der Waals surface area (Å²) in [6.45, 7) is 0. The number of rotatable bonds is 2. The van der Waals surface area contributed by atoms with E-state index in [1.54, 1.807) is 0 Å². The van der Waals surface area contributed by atoms with Gasteiger partial charge in [-0.3, -0.25) is 0 Å². The minimum Gasteiger partial charge on any atom is -0.379 e. The molecule has 0 amide bonds. The van der Waals surface area contributed by atoms with E-state index in [1.807, 2.05) is 54.6 Å². The molecule has 4 aromatic rings. The molecular weight excluding hydrogens is 304 g/mol. The standard InChI is InChI=1S/C24H18O/c25-24(19-13-5-2-6-14-19)21-16-8-12-17-11-7-15-20(22(17)21)23(24)18-9-3-1-4-10-18/h1-16,23,25H/t23-,24-/m1/s1. The molecule has 0 spiro atoms. The van der Waals surface area contributed by atoms with E-state index in [4.69, 9.17) is 0 Å². The fraction of sp³-hybridized carbons (Fsp3) is 0.0833. The van der Waals surface area contributed by atoms with Gasteiger partial charge in [0.15, 0.2) is 0 Å². The van der Waals surface area contributed by atoms with Crippen LogP contribution in [0.25, 0.3) is 10.8 Å². The van der Waals surface area contributed by atoms with Crippen LogP contribution in [0.4, 0.5) is 0 Å². The second-order valence-corrected chi connectivity index (χ2v) is 6.73. The highest BCUT2D eigenvalue weighted by Gasteiger charge is 2.48. The molecule has 1 heteroatoms. The summed E-state index contributed by atoms with van der Waals surface area (Å²) in [5.41, 5.74) is 3.21. The Kier molecular flexibility index (Phi) is 3.06. The molecule has 120 valence electrons. The monoisotopic (exact) mass is 322 g/mol. The molecule has 0 aromatic heterocycles. The van der Waals surface area contributed by atoms with Gasteiger partial charge in [0.05, 0.1) is 0 Å². The maximum atomic E-state index is 12.1. The lowest BCUT2D eigenvalue weighted by atomic mass is 9.76. The second kappa shape index (κ2) is 5.30. The molecule has 0 bridgehead atoms. The van der Waals surface area contributed by atoms with Gasteiger partial charge in [-0.15, -0.1) is 0 Å². The SMILES string of the molecule is O[C@]1(c2ccccc2)c2cccc3cccc(c23)[C@H]1c1ccccc1. The molecule has 25 heavy (non-hydrogen) atoms. The van der Waals surface area contributed by atoms with E-state index in [9.17, 15) is 5.11 Å². The van der Waals surface area contributed by atoms with Crippen molar-refractivity contribution in [3.05, 3.63) is 119 Å². The molecule has 4 aromatic carbocycles. The van der Waals surface area contributed by atoms with Crippen molar-refractivity contribution in [2.45, 2.75) is 11.5 Å². The Hall–Kier alpha value is -2.90. The first-order chi connectivity index (χ1) is 12.3. The van der Waals surface area contributed by atoms with Gasteiger partial charge >= 0.3 is 0 Å². The fourth-order valence-electron chi connectivity index (χ4n) is 4.39. The van der Waals surface area contributed by atoms with E-state index in [0.29, 0.717) is 0 Å². The Morgan fingerprint density at radius 2 is 1.28 bits per heavy atom. The number of benzene rings is 4. The molecule has 0 heterocycles. The summed E-state index contributed by atoms with van der Waals surface area (Å²) >= 11 is 0. The number of hydrogen-bond acceptors (Lipinski definition) is 1. The molecule has 1 N–H and O–H groups in total. The Bertz CT molecular complexity index is 1050. The average molecular weight is 322 g/mol. The zero-order valence-electron chi connectivity index (χ0n) is 13.8. The van der Waals surface area contributed by atoms with Gasteiger partial charge in [0.1, 0.15) is 5.60 Å². The maximum absolute atomic E-state index is 12.1. The van der Waals surface area contributed by atoms with Crippen molar-refractivity contribution in [2.75, 3.05) is 0 Å². The molecule has 0 fully saturated rings. The summed E-state index contributed by atoms with van der Waals surface area (Å²) in [7, 11) is 0. The Balaban J connectivity index is 1.89. The normalized spacial score (nSPS) is 21.6. The van der Waals surface area contributed by atoms with E-state index in [0.717, 1.165) is 16.7 Å². The van der Waals surface area contributed by atoms with Crippen LogP contribution in [-0.4, -0.2) is 5.11 Å². The molecule has 0 saturated carbocycles. The number of aliphatic hydroxyl groups is 1. The van der Waals surface area contributed by atoms with E-state index in [2.05, 4.69) is 42.5 Å². The van der Waals surface area contributed by atoms with Crippen LogP contribution in [0.2, 0.25) is 0 Å². The van der Waals surface area contributed by atoms with E-state index < -0.39 is 5.60 Å². The molecule has 0 saturated heterocycles. The van der Waals surface area contributed by atoms with Gasteiger partial charge < -0.3 is 5.11 Å². The molecule has 0 aliphatic heterocycles. The van der Waals surface area contributed by atoms with Crippen molar-refractivity contribution < 1.29 is 5.11 Å². The summed E-state index contributed by atoms with van der Waals surface area (Å²) < 4.78 is 0. The summed E-state index contributed by atoms with van der Waals surface area (Å²) in [6.07, 6.45) is 0. The topological polar surface area (TPSA) is 20.2 Å². The van der Waals surface area contributed by atoms with E-state index in [-0.39, 0.29) is 5.92 Å². The fourth-order valence-corrected chi connectivity index (χ4v) is 4.39. The average Bonchev–Trinajstić information content (AvgIpc) is 2.95. The van der Waals surface area contributed by atoms with Crippen LogP contribution in [0.5, 0.6) is 0 Å². The highest BCUT2D eigenvalue weighted by Crippen LogP contribution is 2.55. The summed E-state index contributed by atoms with van der Waals surface area (Å²) in [4.78, 5) is 0. The van der Waals surface area contributed by atoms with Gasteiger partial charge in [0, 0.05) is 5.92 Å². The molecule has 2 atom stereocenters. The Labute approximate surface area is 147 Å². The highest BCUT2D eigenvalue weighted by atomic mass is 16.3. The summed E-state index contributed by atoms with van der Waals surface area (Å²) in [5, 5.41) is 14.5. The predicted molar refractivity (Wildman–Crippen MR) is 102 cm³/mol. The van der Waals surface area contributed by atoms with Crippen molar-refractivity contribution in [1.82, 2.24) is 0 Å². The lowest BCUT2D eigenvalue weighted by Crippen LogP contribution is -2.31. The molecule has 0 unspecified atom stereocenters. The smallest absolute Gasteiger partial charge is 0.126 e. The van der Waals surface area contributed by atoms with Gasteiger partial charge in [-0.1, -0.05) is 97.1 Å². The maximum Gasteiger partial charge on any atom is 0.126 e. The first kappa shape index (κ1) is 14.4. The molecule has 1 aliphatic carbocycles. The molecule has 1 nitrogen and oxygen atoms in total. The minimum atomic E-state index is -1.06. The van der Waals surface area contributed by atoms with Crippen LogP contribution in [0.15, 0.2) is 97.1 Å². The third kappa shape index (κ3) is 1.93. The van der Waals surface area contributed by atoms with Crippen molar-refractivity contribution >= 4 is 10.8 Å². The lowest BCUT2D eigenvalue weighted by molar-refractivity contribution is 0.0700. The zero-order chi connectivity index (χ0) is 16.9. The molecule has 0 radical (unpaired) electrons. The van der Waals surface area contributed by atoms with Gasteiger partial charge in [-0.25, -0.2) is 0 Å². The van der Waals surface area contributed by atoms with Crippen LogP contribution < -0.4 is 0 Å². The highest BCUT2D eigenvalue weighted by molar-refractivity contribution is 5.94.